The van der Waals surface area contributed by atoms with Crippen molar-refractivity contribution in [2.24, 2.45) is 0 Å². The van der Waals surface area contributed by atoms with Gasteiger partial charge in [0.2, 0.25) is 0 Å². The van der Waals surface area contributed by atoms with Gasteiger partial charge in [-0.2, -0.15) is 13.2 Å². The molecule has 0 bridgehead atoms. The lowest BCUT2D eigenvalue weighted by Crippen LogP contribution is -2.37. The third kappa shape index (κ3) is 2.66. The minimum atomic E-state index is -5.24. The molecule has 1 aromatic rings. The van der Waals surface area contributed by atoms with E-state index in [0.29, 0.717) is 5.69 Å². The predicted molar refractivity (Wildman–Crippen MR) is 54.5 cm³/mol. The van der Waals surface area contributed by atoms with E-state index >= 15 is 0 Å². The highest BCUT2D eigenvalue weighted by Crippen LogP contribution is 2.27. The summed E-state index contributed by atoms with van der Waals surface area (Å²) in [5.41, 5.74) is -4.92. The molecule has 0 saturated heterocycles. The van der Waals surface area contributed by atoms with E-state index in [-0.39, 0.29) is 0 Å². The number of hydrogen-bond acceptors (Lipinski definition) is 3. The summed E-state index contributed by atoms with van der Waals surface area (Å²) in [6.45, 7) is 0.954. The maximum atomic E-state index is 12.2. The quantitative estimate of drug-likeness (QED) is 0.899. The van der Waals surface area contributed by atoms with Crippen molar-refractivity contribution < 1.29 is 21.6 Å². The van der Waals surface area contributed by atoms with E-state index in [1.54, 1.807) is 18.2 Å². The van der Waals surface area contributed by atoms with Crippen molar-refractivity contribution in [1.82, 2.24) is 0 Å². The van der Waals surface area contributed by atoms with E-state index in [2.05, 4.69) is 5.32 Å². The minimum Gasteiger partial charge on any atom is -0.369 e. The molecule has 0 aromatic heterocycles. The summed E-state index contributed by atoms with van der Waals surface area (Å²) in [5, 5.41) is 0.568. The van der Waals surface area contributed by atoms with Crippen LogP contribution in [0.3, 0.4) is 0 Å². The zero-order valence-corrected chi connectivity index (χ0v) is 9.14. The normalized spacial score (nSPS) is 14.5. The molecule has 90 valence electrons. The molecule has 1 atom stereocenters. The molecule has 0 radical (unpaired) electrons. The molecule has 1 rings (SSSR count). The van der Waals surface area contributed by atoms with Crippen LogP contribution in [0.4, 0.5) is 18.9 Å². The first-order valence-electron chi connectivity index (χ1n) is 4.37. The average Bonchev–Trinajstić information content (AvgIpc) is 2.17. The molecule has 1 unspecified atom stereocenters. The Morgan fingerprint density at radius 2 is 1.69 bits per heavy atom. The van der Waals surface area contributed by atoms with Gasteiger partial charge in [-0.15, -0.1) is 0 Å². The van der Waals surface area contributed by atoms with Crippen LogP contribution in [0.2, 0.25) is 0 Å². The summed E-state index contributed by atoms with van der Waals surface area (Å²) >= 11 is 0. The van der Waals surface area contributed by atoms with Crippen LogP contribution in [-0.2, 0) is 9.84 Å². The number of hydrogen-bond donors (Lipinski definition) is 1. The molecule has 0 aliphatic rings. The number of para-hydroxylation sites is 1. The fraction of sp³-hybridized carbons (Fsp3) is 0.333. The largest absolute Gasteiger partial charge is 0.499 e. The number of alkyl halides is 3. The standard InChI is InChI=1S/C9H10F3NO2S/c1-7(16(14,15)9(10,11)12)13-8-5-3-2-4-6-8/h2-7,13H,1H3. The van der Waals surface area contributed by atoms with E-state index in [4.69, 9.17) is 0 Å². The summed E-state index contributed by atoms with van der Waals surface area (Å²) in [4.78, 5) is 0. The molecule has 0 saturated carbocycles. The third-order valence-corrected chi connectivity index (χ3v) is 3.63. The smallest absolute Gasteiger partial charge is 0.369 e. The van der Waals surface area contributed by atoms with E-state index in [9.17, 15) is 21.6 Å². The molecule has 3 nitrogen and oxygen atoms in total. The molecule has 1 N–H and O–H groups in total. The number of rotatable bonds is 3. The molecular formula is C9H10F3NO2S. The Morgan fingerprint density at radius 3 is 2.12 bits per heavy atom. The molecule has 7 heteroatoms. The number of nitrogens with one attached hydrogen (secondary N) is 1. The number of halogens is 3. The fourth-order valence-electron chi connectivity index (χ4n) is 1.05. The van der Waals surface area contributed by atoms with Gasteiger partial charge in [-0.05, 0) is 19.1 Å². The number of sulfone groups is 1. The van der Waals surface area contributed by atoms with E-state index in [1.807, 2.05) is 0 Å². The van der Waals surface area contributed by atoms with Crippen LogP contribution in [0.15, 0.2) is 30.3 Å². The second-order valence-corrected chi connectivity index (χ2v) is 5.40. The van der Waals surface area contributed by atoms with Crippen molar-refractivity contribution in [3.8, 4) is 0 Å². The lowest BCUT2D eigenvalue weighted by molar-refractivity contribution is -0.0441. The first-order chi connectivity index (χ1) is 7.25. The van der Waals surface area contributed by atoms with Crippen LogP contribution in [0.5, 0.6) is 0 Å². The van der Waals surface area contributed by atoms with Crippen LogP contribution in [0.25, 0.3) is 0 Å². The molecule has 1 aromatic carbocycles. The van der Waals surface area contributed by atoms with Crippen molar-refractivity contribution in [1.29, 1.82) is 0 Å². The van der Waals surface area contributed by atoms with Gasteiger partial charge in [0, 0.05) is 5.69 Å². The predicted octanol–water partition coefficient (Wildman–Crippen LogP) is 2.38. The van der Waals surface area contributed by atoms with Crippen LogP contribution in [0, 0.1) is 0 Å². The van der Waals surface area contributed by atoms with Crippen molar-refractivity contribution in [3.05, 3.63) is 30.3 Å². The van der Waals surface area contributed by atoms with Gasteiger partial charge in [-0.25, -0.2) is 8.42 Å². The van der Waals surface area contributed by atoms with E-state index in [0.717, 1.165) is 6.92 Å². The molecule has 0 heterocycles. The topological polar surface area (TPSA) is 46.2 Å². The zero-order chi connectivity index (χ0) is 12.4. The lowest BCUT2D eigenvalue weighted by atomic mass is 10.3. The Balaban J connectivity index is 2.86. The molecule has 0 fully saturated rings. The number of benzene rings is 1. The zero-order valence-electron chi connectivity index (χ0n) is 8.32. The van der Waals surface area contributed by atoms with Crippen molar-refractivity contribution in [2.75, 3.05) is 5.32 Å². The molecule has 0 aliphatic carbocycles. The van der Waals surface area contributed by atoms with Crippen molar-refractivity contribution in [3.63, 3.8) is 0 Å². The van der Waals surface area contributed by atoms with Gasteiger partial charge < -0.3 is 5.32 Å². The van der Waals surface area contributed by atoms with E-state index in [1.165, 1.54) is 12.1 Å². The maximum Gasteiger partial charge on any atom is 0.499 e. The monoisotopic (exact) mass is 253 g/mol. The lowest BCUT2D eigenvalue weighted by Gasteiger charge is -2.17. The van der Waals surface area contributed by atoms with Crippen molar-refractivity contribution >= 4 is 15.5 Å². The Bertz CT molecular complexity index is 442. The van der Waals surface area contributed by atoms with Gasteiger partial charge in [-0.3, -0.25) is 0 Å². The van der Waals surface area contributed by atoms with Gasteiger partial charge in [-0.1, -0.05) is 18.2 Å². The number of anilines is 1. The summed E-state index contributed by atoms with van der Waals surface area (Å²) in [6, 6.07) is 7.84. The minimum absolute atomic E-state index is 0.322. The highest BCUT2D eigenvalue weighted by atomic mass is 32.2. The summed E-state index contributed by atoms with van der Waals surface area (Å²) in [6.07, 6.45) is 0. The third-order valence-electron chi connectivity index (χ3n) is 1.93. The fourth-order valence-corrected chi connectivity index (χ4v) is 1.74. The molecule has 16 heavy (non-hydrogen) atoms. The van der Waals surface area contributed by atoms with E-state index < -0.39 is 20.7 Å². The summed E-state index contributed by atoms with van der Waals surface area (Å²) in [5.74, 6) is 0. The Kier molecular flexibility index (Phi) is 3.47. The second-order valence-electron chi connectivity index (χ2n) is 3.14. The Labute approximate surface area is 91.2 Å². The maximum absolute atomic E-state index is 12.2. The van der Waals surface area contributed by atoms with Crippen LogP contribution in [-0.4, -0.2) is 19.3 Å². The molecule has 0 spiro atoms. The summed E-state index contributed by atoms with van der Waals surface area (Å²) < 4.78 is 58.4. The highest BCUT2D eigenvalue weighted by molar-refractivity contribution is 7.92. The molecule has 0 aliphatic heterocycles. The average molecular weight is 253 g/mol. The van der Waals surface area contributed by atoms with Crippen LogP contribution in [0.1, 0.15) is 6.92 Å². The first-order valence-corrected chi connectivity index (χ1v) is 5.91. The SMILES string of the molecule is CC(Nc1ccccc1)S(=O)(=O)C(F)(F)F. The van der Waals surface area contributed by atoms with Gasteiger partial charge in [0.05, 0.1) is 0 Å². The Hall–Kier alpha value is -1.24. The highest BCUT2D eigenvalue weighted by Gasteiger charge is 2.49. The van der Waals surface area contributed by atoms with Gasteiger partial charge in [0.1, 0.15) is 5.37 Å². The van der Waals surface area contributed by atoms with Crippen molar-refractivity contribution in [2.45, 2.75) is 17.8 Å². The van der Waals surface area contributed by atoms with Gasteiger partial charge in [0.25, 0.3) is 9.84 Å². The first kappa shape index (κ1) is 12.8. The molecular weight excluding hydrogens is 243 g/mol. The summed E-state index contributed by atoms with van der Waals surface area (Å²) in [7, 11) is -5.19. The van der Waals surface area contributed by atoms with Crippen LogP contribution >= 0.6 is 0 Å². The van der Waals surface area contributed by atoms with Gasteiger partial charge in [0.15, 0.2) is 0 Å². The van der Waals surface area contributed by atoms with Gasteiger partial charge >= 0.3 is 5.51 Å². The second kappa shape index (κ2) is 4.32. The molecule has 0 amide bonds. The Morgan fingerprint density at radius 1 is 1.19 bits per heavy atom. The van der Waals surface area contributed by atoms with Crippen LogP contribution < -0.4 is 5.32 Å².